The molecule has 0 saturated heterocycles. The molecule has 0 aliphatic carbocycles. The first-order valence-corrected chi connectivity index (χ1v) is 7.17. The van der Waals surface area contributed by atoms with Gasteiger partial charge < -0.3 is 19.3 Å². The van der Waals surface area contributed by atoms with Gasteiger partial charge in [-0.25, -0.2) is 9.59 Å². The van der Waals surface area contributed by atoms with Crippen molar-refractivity contribution in [3.05, 3.63) is 42.0 Å². The van der Waals surface area contributed by atoms with Crippen LogP contribution in [0.15, 0.2) is 36.4 Å². The third kappa shape index (κ3) is 6.62. The Labute approximate surface area is 139 Å². The van der Waals surface area contributed by atoms with E-state index in [0.717, 1.165) is 12.2 Å². The van der Waals surface area contributed by atoms with Crippen molar-refractivity contribution in [1.82, 2.24) is 0 Å². The molecular weight excluding hydrogens is 316 g/mol. The fourth-order valence-electron chi connectivity index (χ4n) is 1.61. The van der Waals surface area contributed by atoms with Gasteiger partial charge in [-0.2, -0.15) is 0 Å². The highest BCUT2D eigenvalue weighted by atomic mass is 16.6. The minimum absolute atomic E-state index is 0.00526. The zero-order valence-electron chi connectivity index (χ0n) is 13.8. The largest absolute Gasteiger partial charge is 0.490 e. The van der Waals surface area contributed by atoms with Crippen LogP contribution in [0.2, 0.25) is 0 Å². The van der Waals surface area contributed by atoms with Gasteiger partial charge in [0.1, 0.15) is 24.6 Å². The summed E-state index contributed by atoms with van der Waals surface area (Å²) in [7, 11) is 1.20. The second kappa shape index (κ2) is 8.83. The van der Waals surface area contributed by atoms with E-state index in [-0.39, 0.29) is 19.0 Å². The van der Waals surface area contributed by atoms with Crippen LogP contribution < -0.4 is 4.74 Å². The molecule has 0 amide bonds. The van der Waals surface area contributed by atoms with Gasteiger partial charge in [-0.15, -0.1) is 0 Å². The number of Topliss-reactive ketones (excluding diaryl/α,β-unsaturated/α-hetero) is 1. The van der Waals surface area contributed by atoms with E-state index in [0.29, 0.717) is 11.3 Å². The molecule has 0 aliphatic heterocycles. The van der Waals surface area contributed by atoms with Crippen LogP contribution in [0.5, 0.6) is 5.75 Å². The van der Waals surface area contributed by atoms with E-state index in [1.165, 1.54) is 21.0 Å². The molecule has 0 radical (unpaired) electrons. The molecule has 0 heterocycles. The molecule has 0 unspecified atom stereocenters. The molecule has 0 spiro atoms. The summed E-state index contributed by atoms with van der Waals surface area (Å²) in [4.78, 5) is 33.9. The van der Waals surface area contributed by atoms with Gasteiger partial charge in [0.25, 0.3) is 0 Å². The van der Waals surface area contributed by atoms with Crippen molar-refractivity contribution in [3.63, 3.8) is 0 Å². The maximum absolute atomic E-state index is 11.9. The van der Waals surface area contributed by atoms with Crippen LogP contribution in [-0.4, -0.2) is 48.8 Å². The first kappa shape index (κ1) is 19.4. The molecule has 7 heteroatoms. The van der Waals surface area contributed by atoms with E-state index >= 15 is 0 Å². The quantitative estimate of drug-likeness (QED) is 0.330. The van der Waals surface area contributed by atoms with Gasteiger partial charge in [0, 0.05) is 17.7 Å². The fraction of sp³-hybridized carbons (Fsp3) is 0.353. The summed E-state index contributed by atoms with van der Waals surface area (Å²) >= 11 is 0. The molecule has 1 aromatic carbocycles. The number of ether oxygens (including phenoxy) is 3. The minimum Gasteiger partial charge on any atom is -0.490 e. The average Bonchev–Trinajstić information content (AvgIpc) is 2.55. The summed E-state index contributed by atoms with van der Waals surface area (Å²) in [5.41, 5.74) is -1.07. The predicted molar refractivity (Wildman–Crippen MR) is 84.7 cm³/mol. The predicted octanol–water partition coefficient (Wildman–Crippen LogP) is 1.29. The van der Waals surface area contributed by atoms with Gasteiger partial charge in [0.15, 0.2) is 5.78 Å². The molecule has 0 atom stereocenters. The summed E-state index contributed by atoms with van der Waals surface area (Å²) in [6.45, 7) is 2.94. The van der Waals surface area contributed by atoms with Gasteiger partial charge in [-0.1, -0.05) is 0 Å². The number of methoxy groups -OCH3 is 1. The maximum atomic E-state index is 11.9. The van der Waals surface area contributed by atoms with E-state index in [1.54, 1.807) is 24.3 Å². The summed E-state index contributed by atoms with van der Waals surface area (Å²) in [5, 5.41) is 9.66. The van der Waals surface area contributed by atoms with E-state index in [1.807, 2.05) is 0 Å². The Morgan fingerprint density at radius 1 is 1.04 bits per heavy atom. The van der Waals surface area contributed by atoms with E-state index in [4.69, 9.17) is 9.47 Å². The van der Waals surface area contributed by atoms with Gasteiger partial charge in [-0.05, 0) is 38.1 Å². The first-order valence-electron chi connectivity index (χ1n) is 7.17. The zero-order valence-corrected chi connectivity index (χ0v) is 13.8. The van der Waals surface area contributed by atoms with Crippen molar-refractivity contribution in [2.75, 3.05) is 20.3 Å². The number of carbonyl (C=O) groups is 3. The molecular formula is C17H20O7. The number of esters is 2. The smallest absolute Gasteiger partial charge is 0.331 e. The second-order valence-electron chi connectivity index (χ2n) is 5.28. The Balaban J connectivity index is 2.39. The zero-order chi connectivity index (χ0) is 18.2. The minimum atomic E-state index is -1.44. The molecule has 0 aromatic heterocycles. The SMILES string of the molecule is COC(=O)/C=C/C(=O)OCCOc1ccc(C(=O)C(C)(C)O)cc1. The number of hydrogen-bond acceptors (Lipinski definition) is 7. The Kier molecular flexibility index (Phi) is 7.13. The van der Waals surface area contributed by atoms with Crippen LogP contribution >= 0.6 is 0 Å². The van der Waals surface area contributed by atoms with Gasteiger partial charge in [0.2, 0.25) is 0 Å². The molecule has 130 valence electrons. The highest BCUT2D eigenvalue weighted by molar-refractivity contribution is 6.01. The van der Waals surface area contributed by atoms with E-state index in [9.17, 15) is 19.5 Å². The lowest BCUT2D eigenvalue weighted by Crippen LogP contribution is -2.30. The number of ketones is 1. The molecule has 7 nitrogen and oxygen atoms in total. The number of aliphatic hydroxyl groups is 1. The van der Waals surface area contributed by atoms with Gasteiger partial charge in [-0.3, -0.25) is 4.79 Å². The highest BCUT2D eigenvalue weighted by Crippen LogP contribution is 2.17. The lowest BCUT2D eigenvalue weighted by Gasteiger charge is -2.15. The summed E-state index contributed by atoms with van der Waals surface area (Å²) in [6, 6.07) is 6.25. The molecule has 1 rings (SSSR count). The molecule has 0 saturated carbocycles. The number of rotatable bonds is 8. The van der Waals surface area contributed by atoms with Crippen molar-refractivity contribution in [2.24, 2.45) is 0 Å². The standard InChI is InChI=1S/C17H20O7/c1-17(2,21)16(20)12-4-6-13(7-5-12)23-10-11-24-15(19)9-8-14(18)22-3/h4-9,21H,10-11H2,1-3H3/b9-8+. The monoisotopic (exact) mass is 336 g/mol. The van der Waals surface area contributed by atoms with Crippen molar-refractivity contribution < 1.29 is 33.7 Å². The Hall–Kier alpha value is -2.67. The van der Waals surface area contributed by atoms with Gasteiger partial charge in [0.05, 0.1) is 7.11 Å². The first-order chi connectivity index (χ1) is 11.2. The molecule has 1 N–H and O–H groups in total. The maximum Gasteiger partial charge on any atom is 0.331 e. The van der Waals surface area contributed by atoms with Crippen LogP contribution in [0.4, 0.5) is 0 Å². The van der Waals surface area contributed by atoms with Crippen LogP contribution in [0.3, 0.4) is 0 Å². The van der Waals surface area contributed by atoms with Crippen molar-refractivity contribution in [3.8, 4) is 5.75 Å². The third-order valence-electron chi connectivity index (χ3n) is 2.83. The average molecular weight is 336 g/mol. The third-order valence-corrected chi connectivity index (χ3v) is 2.83. The van der Waals surface area contributed by atoms with Crippen LogP contribution in [0, 0.1) is 0 Å². The van der Waals surface area contributed by atoms with Crippen LogP contribution in [0.1, 0.15) is 24.2 Å². The second-order valence-corrected chi connectivity index (χ2v) is 5.28. The molecule has 0 bridgehead atoms. The number of carbonyl (C=O) groups excluding carboxylic acids is 3. The molecule has 24 heavy (non-hydrogen) atoms. The highest BCUT2D eigenvalue weighted by Gasteiger charge is 2.24. The molecule has 0 aliphatic rings. The van der Waals surface area contributed by atoms with Gasteiger partial charge >= 0.3 is 11.9 Å². The number of benzene rings is 1. The van der Waals surface area contributed by atoms with E-state index in [2.05, 4.69) is 4.74 Å². The summed E-state index contributed by atoms with van der Waals surface area (Å²) < 4.78 is 14.5. The van der Waals surface area contributed by atoms with Crippen LogP contribution in [-0.2, 0) is 19.1 Å². The van der Waals surface area contributed by atoms with Crippen LogP contribution in [0.25, 0.3) is 0 Å². The van der Waals surface area contributed by atoms with Crippen molar-refractivity contribution in [1.29, 1.82) is 0 Å². The summed E-state index contributed by atoms with van der Waals surface area (Å²) in [5.74, 6) is -1.23. The summed E-state index contributed by atoms with van der Waals surface area (Å²) in [6.07, 6.45) is 1.92. The Morgan fingerprint density at radius 2 is 1.62 bits per heavy atom. The van der Waals surface area contributed by atoms with Crippen molar-refractivity contribution in [2.45, 2.75) is 19.4 Å². The topological polar surface area (TPSA) is 99.1 Å². The van der Waals surface area contributed by atoms with E-state index < -0.39 is 17.5 Å². The van der Waals surface area contributed by atoms with Crippen molar-refractivity contribution >= 4 is 17.7 Å². The normalized spacial score (nSPS) is 11.2. The molecule has 1 aromatic rings. The Bertz CT molecular complexity index is 609. The molecule has 0 fully saturated rings. The lowest BCUT2D eigenvalue weighted by atomic mass is 9.97. The fourth-order valence-corrected chi connectivity index (χ4v) is 1.61. The number of hydrogen-bond donors (Lipinski definition) is 1. The Morgan fingerprint density at radius 3 is 2.17 bits per heavy atom. The lowest BCUT2D eigenvalue weighted by molar-refractivity contribution is -0.139.